The first kappa shape index (κ1) is 11.1. The SMILES string of the molecule is CC(=O)Nc1c(F)ccc(NC=O)c1F. The van der Waals surface area contributed by atoms with Crippen molar-refractivity contribution >= 4 is 23.7 Å². The normalized spacial score (nSPS) is 9.53. The molecule has 6 heteroatoms. The highest BCUT2D eigenvalue weighted by atomic mass is 19.1. The van der Waals surface area contributed by atoms with E-state index >= 15 is 0 Å². The molecule has 0 spiro atoms. The molecule has 0 aliphatic carbocycles. The van der Waals surface area contributed by atoms with Gasteiger partial charge in [0.15, 0.2) is 5.82 Å². The molecule has 0 saturated carbocycles. The summed E-state index contributed by atoms with van der Waals surface area (Å²) in [4.78, 5) is 20.7. The monoisotopic (exact) mass is 214 g/mol. The molecule has 1 aromatic rings. The first-order valence-electron chi connectivity index (χ1n) is 4.02. The fraction of sp³-hybridized carbons (Fsp3) is 0.111. The largest absolute Gasteiger partial charge is 0.326 e. The minimum absolute atomic E-state index is 0.199. The Morgan fingerprint density at radius 2 is 2.07 bits per heavy atom. The van der Waals surface area contributed by atoms with Crippen LogP contribution >= 0.6 is 0 Å². The van der Waals surface area contributed by atoms with E-state index in [1.54, 1.807) is 0 Å². The third-order valence-electron chi connectivity index (χ3n) is 1.61. The van der Waals surface area contributed by atoms with Gasteiger partial charge in [0.05, 0.1) is 5.69 Å². The molecule has 4 nitrogen and oxygen atoms in total. The zero-order chi connectivity index (χ0) is 11.4. The molecule has 0 fully saturated rings. The van der Waals surface area contributed by atoms with E-state index in [2.05, 4.69) is 0 Å². The zero-order valence-corrected chi connectivity index (χ0v) is 7.80. The lowest BCUT2D eigenvalue weighted by Gasteiger charge is -2.08. The Morgan fingerprint density at radius 1 is 1.40 bits per heavy atom. The molecular formula is C9H8F2N2O2. The van der Waals surface area contributed by atoms with Gasteiger partial charge in [0.2, 0.25) is 12.3 Å². The summed E-state index contributed by atoms with van der Waals surface area (Å²) in [5.74, 6) is -2.52. The molecule has 2 amide bonds. The zero-order valence-electron chi connectivity index (χ0n) is 7.80. The third kappa shape index (κ3) is 2.49. The molecule has 0 aromatic heterocycles. The van der Waals surface area contributed by atoms with Gasteiger partial charge in [0.25, 0.3) is 0 Å². The molecule has 0 aliphatic rings. The maximum Gasteiger partial charge on any atom is 0.221 e. The molecule has 0 unspecified atom stereocenters. The van der Waals surface area contributed by atoms with E-state index in [9.17, 15) is 18.4 Å². The van der Waals surface area contributed by atoms with Crippen molar-refractivity contribution in [1.82, 2.24) is 0 Å². The topological polar surface area (TPSA) is 58.2 Å². The van der Waals surface area contributed by atoms with Crippen LogP contribution in [-0.2, 0) is 9.59 Å². The van der Waals surface area contributed by atoms with Gasteiger partial charge in [-0.25, -0.2) is 8.78 Å². The maximum absolute atomic E-state index is 13.4. The Kier molecular flexibility index (Phi) is 3.33. The summed E-state index contributed by atoms with van der Waals surface area (Å²) in [7, 11) is 0. The molecule has 15 heavy (non-hydrogen) atoms. The highest BCUT2D eigenvalue weighted by Crippen LogP contribution is 2.25. The molecule has 2 N–H and O–H groups in total. The Balaban J connectivity index is 3.16. The van der Waals surface area contributed by atoms with Crippen molar-refractivity contribution in [2.24, 2.45) is 0 Å². The summed E-state index contributed by atoms with van der Waals surface area (Å²) in [6.07, 6.45) is 0.258. The van der Waals surface area contributed by atoms with Gasteiger partial charge in [-0.2, -0.15) is 0 Å². The predicted octanol–water partition coefficient (Wildman–Crippen LogP) is 1.49. The van der Waals surface area contributed by atoms with Crippen LogP contribution in [0.5, 0.6) is 0 Å². The van der Waals surface area contributed by atoms with Gasteiger partial charge in [-0.05, 0) is 12.1 Å². The van der Waals surface area contributed by atoms with Crippen LogP contribution in [0.25, 0.3) is 0 Å². The molecule has 0 atom stereocenters. The van der Waals surface area contributed by atoms with Gasteiger partial charge in [0.1, 0.15) is 11.5 Å². The van der Waals surface area contributed by atoms with E-state index in [4.69, 9.17) is 0 Å². The van der Waals surface area contributed by atoms with Crippen LogP contribution in [0.1, 0.15) is 6.92 Å². The fourth-order valence-corrected chi connectivity index (χ4v) is 1.02. The van der Waals surface area contributed by atoms with Crippen molar-refractivity contribution in [3.63, 3.8) is 0 Å². The van der Waals surface area contributed by atoms with Gasteiger partial charge in [-0.1, -0.05) is 0 Å². The Labute approximate surface area is 84.3 Å². The van der Waals surface area contributed by atoms with Crippen LogP contribution in [0.4, 0.5) is 20.2 Å². The fourth-order valence-electron chi connectivity index (χ4n) is 1.02. The molecule has 0 aliphatic heterocycles. The number of anilines is 2. The molecule has 0 saturated heterocycles. The van der Waals surface area contributed by atoms with Crippen LogP contribution in [0.15, 0.2) is 12.1 Å². The summed E-state index contributed by atoms with van der Waals surface area (Å²) in [5, 5.41) is 4.04. The van der Waals surface area contributed by atoms with E-state index in [-0.39, 0.29) is 12.1 Å². The van der Waals surface area contributed by atoms with Gasteiger partial charge in [0, 0.05) is 6.92 Å². The Hall–Kier alpha value is -1.98. The molecule has 0 bridgehead atoms. The van der Waals surface area contributed by atoms with E-state index in [0.717, 1.165) is 19.1 Å². The highest BCUT2D eigenvalue weighted by Gasteiger charge is 2.14. The van der Waals surface area contributed by atoms with Gasteiger partial charge in [-0.15, -0.1) is 0 Å². The van der Waals surface area contributed by atoms with Crippen molar-refractivity contribution in [2.45, 2.75) is 6.92 Å². The number of hydrogen-bond acceptors (Lipinski definition) is 2. The summed E-state index contributed by atoms with van der Waals surface area (Å²) < 4.78 is 26.5. The number of amides is 2. The number of halogens is 2. The van der Waals surface area contributed by atoms with Crippen molar-refractivity contribution in [2.75, 3.05) is 10.6 Å². The summed E-state index contributed by atoms with van der Waals surface area (Å²) in [6.45, 7) is 1.12. The number of carbonyl (C=O) groups excluding carboxylic acids is 2. The molecule has 1 rings (SSSR count). The lowest BCUT2D eigenvalue weighted by molar-refractivity contribution is -0.114. The molecule has 0 radical (unpaired) electrons. The van der Waals surface area contributed by atoms with Gasteiger partial charge >= 0.3 is 0 Å². The van der Waals surface area contributed by atoms with E-state index in [0.29, 0.717) is 0 Å². The average molecular weight is 214 g/mol. The van der Waals surface area contributed by atoms with Crippen molar-refractivity contribution in [1.29, 1.82) is 0 Å². The van der Waals surface area contributed by atoms with Crippen LogP contribution in [0.2, 0.25) is 0 Å². The molecule has 1 aromatic carbocycles. The molecule has 80 valence electrons. The smallest absolute Gasteiger partial charge is 0.221 e. The van der Waals surface area contributed by atoms with Crippen molar-refractivity contribution < 1.29 is 18.4 Å². The second-order valence-electron chi connectivity index (χ2n) is 2.73. The number of hydrogen-bond donors (Lipinski definition) is 2. The summed E-state index contributed by atoms with van der Waals surface area (Å²) in [5.41, 5.74) is -0.774. The summed E-state index contributed by atoms with van der Waals surface area (Å²) in [6, 6.07) is 2.00. The van der Waals surface area contributed by atoms with Crippen molar-refractivity contribution in [3.8, 4) is 0 Å². The van der Waals surface area contributed by atoms with E-state index in [1.807, 2.05) is 10.6 Å². The van der Waals surface area contributed by atoms with Gasteiger partial charge in [-0.3, -0.25) is 9.59 Å². The number of benzene rings is 1. The first-order chi connectivity index (χ1) is 7.06. The van der Waals surface area contributed by atoms with Crippen LogP contribution in [0, 0.1) is 11.6 Å². The van der Waals surface area contributed by atoms with Gasteiger partial charge < -0.3 is 10.6 Å². The highest BCUT2D eigenvalue weighted by molar-refractivity contribution is 5.90. The standard InChI is InChI=1S/C9H8F2N2O2/c1-5(15)13-9-6(10)2-3-7(8(9)11)12-4-14/h2-4H,1H3,(H,12,14)(H,13,15). The molecular weight excluding hydrogens is 206 g/mol. The predicted molar refractivity (Wildman–Crippen MR) is 50.3 cm³/mol. The average Bonchev–Trinajstić information content (AvgIpc) is 2.17. The maximum atomic E-state index is 13.4. The number of carbonyl (C=O) groups is 2. The second-order valence-corrected chi connectivity index (χ2v) is 2.73. The van der Waals surface area contributed by atoms with Crippen LogP contribution in [-0.4, -0.2) is 12.3 Å². The Bertz CT molecular complexity index is 407. The second kappa shape index (κ2) is 4.50. The van der Waals surface area contributed by atoms with Crippen molar-refractivity contribution in [3.05, 3.63) is 23.8 Å². The number of nitrogens with one attached hydrogen (secondary N) is 2. The minimum atomic E-state index is -1.02. The van der Waals surface area contributed by atoms with E-state index in [1.165, 1.54) is 0 Å². The molecule has 0 heterocycles. The van der Waals surface area contributed by atoms with Crippen LogP contribution < -0.4 is 10.6 Å². The van der Waals surface area contributed by atoms with E-state index < -0.39 is 23.2 Å². The lowest BCUT2D eigenvalue weighted by atomic mass is 10.2. The first-order valence-corrected chi connectivity index (χ1v) is 4.02. The quantitative estimate of drug-likeness (QED) is 0.749. The number of rotatable bonds is 3. The summed E-state index contributed by atoms with van der Waals surface area (Å²) >= 11 is 0. The lowest BCUT2D eigenvalue weighted by Crippen LogP contribution is -2.11. The third-order valence-corrected chi connectivity index (χ3v) is 1.61. The Morgan fingerprint density at radius 3 is 2.60 bits per heavy atom. The minimum Gasteiger partial charge on any atom is -0.326 e. The van der Waals surface area contributed by atoms with Crippen LogP contribution in [0.3, 0.4) is 0 Å².